The van der Waals surface area contributed by atoms with E-state index in [0.29, 0.717) is 12.4 Å². The zero-order chi connectivity index (χ0) is 11.5. The van der Waals surface area contributed by atoms with Gasteiger partial charge in [-0.05, 0) is 18.3 Å². The zero-order valence-electron chi connectivity index (χ0n) is 9.99. The molecule has 1 aliphatic carbocycles. The fourth-order valence-electron chi connectivity index (χ4n) is 2.22. The number of hydrogen-bond acceptors (Lipinski definition) is 3. The van der Waals surface area contributed by atoms with Crippen molar-refractivity contribution in [1.29, 1.82) is 0 Å². The van der Waals surface area contributed by atoms with E-state index < -0.39 is 10.8 Å². The van der Waals surface area contributed by atoms with Gasteiger partial charge in [-0.15, -0.1) is 0 Å². The first kappa shape index (κ1) is 13.1. The highest BCUT2D eigenvalue weighted by Gasteiger charge is 2.38. The van der Waals surface area contributed by atoms with Crippen molar-refractivity contribution in [2.24, 2.45) is 11.1 Å². The lowest BCUT2D eigenvalue weighted by atomic mass is 9.73. The molecule has 0 aliphatic heterocycles. The number of methoxy groups -OCH3 is 1. The van der Waals surface area contributed by atoms with E-state index in [1.54, 1.807) is 7.11 Å². The third-order valence-corrected chi connectivity index (χ3v) is 5.21. The summed E-state index contributed by atoms with van der Waals surface area (Å²) in [4.78, 5) is 0. The molecule has 90 valence electrons. The van der Waals surface area contributed by atoms with Crippen LogP contribution in [0, 0.1) is 5.41 Å². The summed E-state index contributed by atoms with van der Waals surface area (Å²) < 4.78 is 17.0. The topological polar surface area (TPSA) is 52.3 Å². The largest absolute Gasteiger partial charge is 0.384 e. The van der Waals surface area contributed by atoms with E-state index in [1.165, 1.54) is 0 Å². The Morgan fingerprint density at radius 3 is 2.80 bits per heavy atom. The lowest BCUT2D eigenvalue weighted by Gasteiger charge is -2.41. The first-order valence-corrected chi connectivity index (χ1v) is 6.99. The molecule has 0 heterocycles. The average molecular weight is 233 g/mol. The van der Waals surface area contributed by atoms with Crippen LogP contribution in [0.25, 0.3) is 0 Å². The molecular formula is C11H23NO2S. The van der Waals surface area contributed by atoms with Gasteiger partial charge in [0.1, 0.15) is 0 Å². The molecule has 0 amide bonds. The van der Waals surface area contributed by atoms with Crippen LogP contribution in [0.15, 0.2) is 0 Å². The summed E-state index contributed by atoms with van der Waals surface area (Å²) >= 11 is 0. The minimum Gasteiger partial charge on any atom is -0.384 e. The smallest absolute Gasteiger partial charge is 0.0577 e. The predicted octanol–water partition coefficient (Wildman–Crippen LogP) is 1.29. The Labute approximate surface area is 95.2 Å². The Morgan fingerprint density at radius 1 is 1.53 bits per heavy atom. The zero-order valence-corrected chi connectivity index (χ0v) is 10.8. The second-order valence-electron chi connectivity index (χ2n) is 5.02. The van der Waals surface area contributed by atoms with Crippen molar-refractivity contribution in [3.8, 4) is 0 Å². The summed E-state index contributed by atoms with van der Waals surface area (Å²) in [5.41, 5.74) is 6.33. The predicted molar refractivity (Wildman–Crippen MR) is 64.3 cm³/mol. The summed E-state index contributed by atoms with van der Waals surface area (Å²) in [6.07, 6.45) is 3.29. The van der Waals surface area contributed by atoms with Gasteiger partial charge in [-0.1, -0.05) is 20.3 Å². The standard InChI is InChI=1S/C11H23NO2S/c1-11(2)6-4-5-9(10(11)12)15(13)8-7-14-3/h9-10H,4-8,12H2,1-3H3. The maximum absolute atomic E-state index is 12.0. The molecule has 1 saturated carbocycles. The monoisotopic (exact) mass is 233 g/mol. The third kappa shape index (κ3) is 3.26. The van der Waals surface area contributed by atoms with Gasteiger partial charge in [-0.3, -0.25) is 4.21 Å². The summed E-state index contributed by atoms with van der Waals surface area (Å²) in [7, 11) is 0.808. The van der Waals surface area contributed by atoms with Gasteiger partial charge in [0.25, 0.3) is 0 Å². The molecule has 2 N–H and O–H groups in total. The average Bonchev–Trinajstić information content (AvgIpc) is 2.18. The van der Waals surface area contributed by atoms with Crippen LogP contribution in [0.3, 0.4) is 0 Å². The number of ether oxygens (including phenoxy) is 1. The third-order valence-electron chi connectivity index (χ3n) is 3.44. The fraction of sp³-hybridized carbons (Fsp3) is 1.00. The van der Waals surface area contributed by atoms with Crippen LogP contribution in [0.1, 0.15) is 33.1 Å². The summed E-state index contributed by atoms with van der Waals surface area (Å²) in [6, 6.07) is 0.0592. The molecule has 1 fully saturated rings. The van der Waals surface area contributed by atoms with Gasteiger partial charge < -0.3 is 10.5 Å². The minimum absolute atomic E-state index is 0.0592. The van der Waals surface area contributed by atoms with Gasteiger partial charge >= 0.3 is 0 Å². The molecule has 1 aliphatic rings. The number of nitrogens with two attached hydrogens (primary N) is 1. The molecule has 0 aromatic rings. The molecule has 0 bridgehead atoms. The van der Waals surface area contributed by atoms with Crippen LogP contribution in [0.2, 0.25) is 0 Å². The first-order valence-electron chi connectivity index (χ1n) is 5.61. The highest BCUT2D eigenvalue weighted by Crippen LogP contribution is 2.36. The summed E-state index contributed by atoms with van der Waals surface area (Å²) in [6.45, 7) is 4.92. The van der Waals surface area contributed by atoms with Crippen molar-refractivity contribution >= 4 is 10.8 Å². The Hall–Kier alpha value is 0.0700. The minimum atomic E-state index is -0.833. The molecule has 0 aromatic carbocycles. The summed E-state index contributed by atoms with van der Waals surface area (Å²) in [5, 5.41) is 0.156. The van der Waals surface area contributed by atoms with Gasteiger partial charge in [-0.2, -0.15) is 0 Å². The molecule has 0 aromatic heterocycles. The van der Waals surface area contributed by atoms with E-state index in [0.717, 1.165) is 19.3 Å². The van der Waals surface area contributed by atoms with Crippen molar-refractivity contribution in [3.05, 3.63) is 0 Å². The van der Waals surface area contributed by atoms with Gasteiger partial charge in [0.2, 0.25) is 0 Å². The lowest BCUT2D eigenvalue weighted by molar-refractivity contribution is 0.203. The molecule has 15 heavy (non-hydrogen) atoms. The highest BCUT2D eigenvalue weighted by atomic mass is 32.2. The second-order valence-corrected chi connectivity index (χ2v) is 6.80. The molecule has 3 unspecified atom stereocenters. The van der Waals surface area contributed by atoms with Gasteiger partial charge in [0, 0.05) is 29.7 Å². The van der Waals surface area contributed by atoms with E-state index >= 15 is 0 Å². The van der Waals surface area contributed by atoms with Crippen molar-refractivity contribution in [2.45, 2.75) is 44.4 Å². The van der Waals surface area contributed by atoms with E-state index in [2.05, 4.69) is 13.8 Å². The maximum Gasteiger partial charge on any atom is 0.0577 e. The highest BCUT2D eigenvalue weighted by molar-refractivity contribution is 7.85. The number of hydrogen-bond donors (Lipinski definition) is 1. The molecule has 0 radical (unpaired) electrons. The van der Waals surface area contributed by atoms with Crippen LogP contribution in [0.4, 0.5) is 0 Å². The second kappa shape index (κ2) is 5.41. The van der Waals surface area contributed by atoms with E-state index in [4.69, 9.17) is 10.5 Å². The van der Waals surface area contributed by atoms with Crippen LogP contribution < -0.4 is 5.73 Å². The molecule has 4 heteroatoms. The van der Waals surface area contributed by atoms with Crippen molar-refractivity contribution in [2.75, 3.05) is 19.5 Å². The van der Waals surface area contributed by atoms with Crippen LogP contribution >= 0.6 is 0 Å². The molecule has 0 spiro atoms. The van der Waals surface area contributed by atoms with E-state index in [-0.39, 0.29) is 16.7 Å². The first-order chi connectivity index (χ1) is 6.99. The van der Waals surface area contributed by atoms with Gasteiger partial charge in [-0.25, -0.2) is 0 Å². The molecule has 1 rings (SSSR count). The molecular weight excluding hydrogens is 210 g/mol. The quantitative estimate of drug-likeness (QED) is 0.796. The van der Waals surface area contributed by atoms with Crippen LogP contribution in [-0.2, 0) is 15.5 Å². The normalized spacial score (nSPS) is 32.5. The van der Waals surface area contributed by atoms with Crippen LogP contribution in [0.5, 0.6) is 0 Å². The molecule has 0 saturated heterocycles. The van der Waals surface area contributed by atoms with Gasteiger partial charge in [0.05, 0.1) is 11.9 Å². The van der Waals surface area contributed by atoms with Crippen molar-refractivity contribution < 1.29 is 8.95 Å². The maximum atomic E-state index is 12.0. The Balaban J connectivity index is 2.57. The van der Waals surface area contributed by atoms with E-state index in [1.807, 2.05) is 0 Å². The van der Waals surface area contributed by atoms with Gasteiger partial charge in [0.15, 0.2) is 0 Å². The summed E-state index contributed by atoms with van der Waals surface area (Å²) in [5.74, 6) is 0.616. The van der Waals surface area contributed by atoms with Crippen molar-refractivity contribution in [3.63, 3.8) is 0 Å². The SMILES string of the molecule is COCCS(=O)C1CCCC(C)(C)C1N. The Kier molecular flexibility index (Phi) is 4.74. The molecule has 3 nitrogen and oxygen atoms in total. The number of rotatable bonds is 4. The molecule has 3 atom stereocenters. The van der Waals surface area contributed by atoms with Crippen molar-refractivity contribution in [1.82, 2.24) is 0 Å². The Bertz CT molecular complexity index is 231. The lowest BCUT2D eigenvalue weighted by Crippen LogP contribution is -2.51. The fourth-order valence-corrected chi connectivity index (χ4v) is 3.98. The van der Waals surface area contributed by atoms with E-state index in [9.17, 15) is 4.21 Å². The Morgan fingerprint density at radius 2 is 2.20 bits per heavy atom. The van der Waals surface area contributed by atoms with Crippen LogP contribution in [-0.4, -0.2) is 35.0 Å².